The monoisotopic (exact) mass is 253 g/mol. The molecule has 0 fully saturated rings. The second kappa shape index (κ2) is 7.52. The lowest BCUT2D eigenvalue weighted by Gasteiger charge is -2.19. The highest BCUT2D eigenvalue weighted by atomic mass is 35.5. The zero-order chi connectivity index (χ0) is 12.0. The molecular formula is C15H24ClN. The van der Waals surface area contributed by atoms with Gasteiger partial charge in [-0.2, -0.15) is 0 Å². The third kappa shape index (κ3) is 6.50. The summed E-state index contributed by atoms with van der Waals surface area (Å²) < 4.78 is 0. The molecule has 0 aromatic heterocycles. The number of rotatable bonds is 5. The molecule has 1 unspecified atom stereocenters. The Bertz CT molecular complexity index is 313. The number of nitrogens with one attached hydrogen (secondary N) is 1. The summed E-state index contributed by atoms with van der Waals surface area (Å²) in [6, 6.07) is 10.5. The van der Waals surface area contributed by atoms with Crippen molar-refractivity contribution < 1.29 is 17.3 Å². The Morgan fingerprint density at radius 2 is 1.76 bits per heavy atom. The highest BCUT2D eigenvalue weighted by Gasteiger charge is 2.13. The third-order valence-corrected chi connectivity index (χ3v) is 2.76. The first-order valence-electron chi connectivity index (χ1n) is 6.06. The van der Waals surface area contributed by atoms with Crippen LogP contribution in [0.2, 0.25) is 0 Å². The van der Waals surface area contributed by atoms with Crippen molar-refractivity contribution in [2.45, 2.75) is 33.6 Å². The van der Waals surface area contributed by atoms with Gasteiger partial charge in [0, 0.05) is 0 Å². The van der Waals surface area contributed by atoms with Crippen molar-refractivity contribution in [3.8, 4) is 0 Å². The van der Waals surface area contributed by atoms with Crippen LogP contribution in [0.25, 0.3) is 0 Å². The van der Waals surface area contributed by atoms with E-state index in [-0.39, 0.29) is 12.4 Å². The molecule has 0 amide bonds. The van der Waals surface area contributed by atoms with Gasteiger partial charge in [-0.1, -0.05) is 39.0 Å². The van der Waals surface area contributed by atoms with Crippen LogP contribution in [0, 0.1) is 5.41 Å². The third-order valence-electron chi connectivity index (χ3n) is 2.76. The SMILES string of the molecule is C=C[NH+](CCCC(C)(C)C)c1ccccc1.[Cl-]. The highest BCUT2D eigenvalue weighted by molar-refractivity contribution is 5.28. The predicted molar refractivity (Wildman–Crippen MR) is 70.8 cm³/mol. The molecule has 1 rings (SSSR count). The van der Waals surface area contributed by atoms with Gasteiger partial charge in [0.05, 0.1) is 12.7 Å². The van der Waals surface area contributed by atoms with Crippen LogP contribution in [0.4, 0.5) is 5.69 Å². The molecule has 0 radical (unpaired) electrons. The summed E-state index contributed by atoms with van der Waals surface area (Å²) in [5.41, 5.74) is 1.74. The summed E-state index contributed by atoms with van der Waals surface area (Å²) in [7, 11) is 0. The molecular weight excluding hydrogens is 230 g/mol. The van der Waals surface area contributed by atoms with Crippen LogP contribution in [-0.4, -0.2) is 6.54 Å². The van der Waals surface area contributed by atoms with E-state index in [4.69, 9.17) is 0 Å². The molecule has 1 atom stereocenters. The van der Waals surface area contributed by atoms with Gasteiger partial charge in [0.15, 0.2) is 0 Å². The maximum absolute atomic E-state index is 3.92. The van der Waals surface area contributed by atoms with E-state index in [0.717, 1.165) is 6.54 Å². The molecule has 1 N–H and O–H groups in total. The van der Waals surface area contributed by atoms with Crippen molar-refractivity contribution >= 4 is 5.69 Å². The predicted octanol–water partition coefficient (Wildman–Crippen LogP) is 0.177. The van der Waals surface area contributed by atoms with Gasteiger partial charge in [-0.25, -0.2) is 0 Å². The van der Waals surface area contributed by atoms with Crippen LogP contribution in [0.15, 0.2) is 43.1 Å². The molecule has 0 aliphatic rings. The molecule has 0 aliphatic carbocycles. The summed E-state index contributed by atoms with van der Waals surface area (Å²) in [6.07, 6.45) is 4.49. The molecule has 96 valence electrons. The largest absolute Gasteiger partial charge is 1.00 e. The second-order valence-corrected chi connectivity index (χ2v) is 5.51. The Kier molecular flexibility index (Phi) is 7.17. The molecule has 17 heavy (non-hydrogen) atoms. The van der Waals surface area contributed by atoms with Crippen molar-refractivity contribution in [2.75, 3.05) is 6.54 Å². The number of quaternary nitrogens is 1. The highest BCUT2D eigenvalue weighted by Crippen LogP contribution is 2.19. The van der Waals surface area contributed by atoms with E-state index in [0.29, 0.717) is 5.41 Å². The number of hydrogen-bond donors (Lipinski definition) is 1. The Labute approximate surface area is 112 Å². The lowest BCUT2D eigenvalue weighted by molar-refractivity contribution is -0.775. The fourth-order valence-electron chi connectivity index (χ4n) is 1.83. The normalized spacial score (nSPS) is 12.6. The molecule has 2 heteroatoms. The molecule has 1 nitrogen and oxygen atoms in total. The van der Waals surface area contributed by atoms with Gasteiger partial charge < -0.3 is 12.4 Å². The molecule has 0 heterocycles. The summed E-state index contributed by atoms with van der Waals surface area (Å²) in [5.74, 6) is 0. The van der Waals surface area contributed by atoms with Crippen LogP contribution in [-0.2, 0) is 0 Å². The van der Waals surface area contributed by atoms with E-state index >= 15 is 0 Å². The van der Waals surface area contributed by atoms with Crippen LogP contribution in [0.5, 0.6) is 0 Å². The topological polar surface area (TPSA) is 4.44 Å². The lowest BCUT2D eigenvalue weighted by Crippen LogP contribution is -3.02. The van der Waals surface area contributed by atoms with E-state index in [1.54, 1.807) is 0 Å². The second-order valence-electron chi connectivity index (χ2n) is 5.51. The minimum Gasteiger partial charge on any atom is -1.00 e. The van der Waals surface area contributed by atoms with Crippen molar-refractivity contribution in [1.29, 1.82) is 0 Å². The standard InChI is InChI=1S/C15H23N.ClH/c1-5-16(13-9-12-15(2,3)4)14-10-7-6-8-11-14;/h5-8,10-11H,1,9,12-13H2,2-4H3;1H. The zero-order valence-electron chi connectivity index (χ0n) is 11.2. The summed E-state index contributed by atoms with van der Waals surface area (Å²) in [6.45, 7) is 11.9. The van der Waals surface area contributed by atoms with Crippen LogP contribution in [0.1, 0.15) is 33.6 Å². The first-order chi connectivity index (χ1) is 7.53. The van der Waals surface area contributed by atoms with Gasteiger partial charge in [-0.3, -0.25) is 4.90 Å². The fourth-order valence-corrected chi connectivity index (χ4v) is 1.83. The Morgan fingerprint density at radius 1 is 1.18 bits per heavy atom. The molecule has 0 spiro atoms. The number of hydrogen-bond acceptors (Lipinski definition) is 0. The van der Waals surface area contributed by atoms with E-state index in [2.05, 4.69) is 57.7 Å². The van der Waals surface area contributed by atoms with E-state index in [1.165, 1.54) is 23.4 Å². The van der Waals surface area contributed by atoms with Gasteiger partial charge in [-0.05, 0) is 37.0 Å². The minimum atomic E-state index is 0. The number of benzene rings is 1. The Morgan fingerprint density at radius 3 is 2.24 bits per heavy atom. The summed E-state index contributed by atoms with van der Waals surface area (Å²) in [4.78, 5) is 1.37. The zero-order valence-corrected chi connectivity index (χ0v) is 11.9. The molecule has 0 saturated heterocycles. The fraction of sp³-hybridized carbons (Fsp3) is 0.467. The van der Waals surface area contributed by atoms with Crippen molar-refractivity contribution in [1.82, 2.24) is 0 Å². The van der Waals surface area contributed by atoms with Crippen LogP contribution >= 0.6 is 0 Å². The molecule has 0 aliphatic heterocycles. The summed E-state index contributed by atoms with van der Waals surface area (Å²) >= 11 is 0. The van der Waals surface area contributed by atoms with Crippen molar-refractivity contribution in [3.63, 3.8) is 0 Å². The van der Waals surface area contributed by atoms with Gasteiger partial charge in [0.2, 0.25) is 0 Å². The molecule has 0 saturated carbocycles. The first kappa shape index (κ1) is 16.2. The smallest absolute Gasteiger partial charge is 0.135 e. The lowest BCUT2D eigenvalue weighted by atomic mass is 9.90. The molecule has 1 aromatic carbocycles. The Hall–Kier alpha value is -0.790. The van der Waals surface area contributed by atoms with Gasteiger partial charge in [0.25, 0.3) is 0 Å². The van der Waals surface area contributed by atoms with E-state index in [9.17, 15) is 0 Å². The molecule has 0 bridgehead atoms. The Balaban J connectivity index is 0.00000256. The summed E-state index contributed by atoms with van der Waals surface area (Å²) in [5, 5.41) is 0. The van der Waals surface area contributed by atoms with E-state index < -0.39 is 0 Å². The number of halogens is 1. The van der Waals surface area contributed by atoms with Crippen molar-refractivity contribution in [3.05, 3.63) is 43.1 Å². The van der Waals surface area contributed by atoms with Crippen LogP contribution in [0.3, 0.4) is 0 Å². The van der Waals surface area contributed by atoms with Crippen LogP contribution < -0.4 is 17.3 Å². The number of para-hydroxylation sites is 1. The molecule has 1 aromatic rings. The quantitative estimate of drug-likeness (QED) is 0.764. The maximum atomic E-state index is 3.92. The minimum absolute atomic E-state index is 0. The van der Waals surface area contributed by atoms with Gasteiger partial charge >= 0.3 is 0 Å². The van der Waals surface area contributed by atoms with Crippen molar-refractivity contribution in [2.24, 2.45) is 5.41 Å². The van der Waals surface area contributed by atoms with Gasteiger partial charge in [0.1, 0.15) is 5.69 Å². The first-order valence-corrected chi connectivity index (χ1v) is 6.06. The average Bonchev–Trinajstić information content (AvgIpc) is 2.24. The maximum Gasteiger partial charge on any atom is 0.135 e. The average molecular weight is 254 g/mol. The van der Waals surface area contributed by atoms with Gasteiger partial charge in [-0.15, -0.1) is 0 Å². The van der Waals surface area contributed by atoms with E-state index in [1.807, 2.05) is 6.20 Å².